The van der Waals surface area contributed by atoms with Crippen LogP contribution in [0.5, 0.6) is 0 Å². The van der Waals surface area contributed by atoms with Crippen molar-refractivity contribution in [3.63, 3.8) is 0 Å². The van der Waals surface area contributed by atoms with Gasteiger partial charge in [0.1, 0.15) is 6.04 Å². The maximum atomic E-state index is 13.0. The SMILES string of the molecule is CCCCOC(=O)[C@@H]1CS[C@H](C(C)C)N1C(=O)c1ccc(C)cc1. The van der Waals surface area contributed by atoms with Crippen molar-refractivity contribution >= 4 is 23.6 Å². The Morgan fingerprint density at radius 3 is 2.54 bits per heavy atom. The molecule has 1 heterocycles. The van der Waals surface area contributed by atoms with Gasteiger partial charge in [-0.1, -0.05) is 44.9 Å². The number of benzene rings is 1. The normalized spacial score (nSPS) is 20.5. The standard InChI is InChI=1S/C19H27NO3S/c1-5-6-11-23-19(22)16-12-24-18(13(2)3)20(16)17(21)15-9-7-14(4)8-10-15/h7-10,13,16,18H,5-6,11-12H2,1-4H3/t16-,18+/m0/s1. The molecule has 1 aliphatic heterocycles. The van der Waals surface area contributed by atoms with Crippen molar-refractivity contribution in [2.45, 2.75) is 52.0 Å². The highest BCUT2D eigenvalue weighted by molar-refractivity contribution is 8.00. The van der Waals surface area contributed by atoms with E-state index in [1.807, 2.05) is 31.2 Å². The zero-order valence-electron chi connectivity index (χ0n) is 15.0. The first-order valence-electron chi connectivity index (χ1n) is 8.63. The molecule has 0 radical (unpaired) electrons. The van der Waals surface area contributed by atoms with Crippen LogP contribution in [0.4, 0.5) is 0 Å². The van der Waals surface area contributed by atoms with Gasteiger partial charge in [-0.05, 0) is 31.4 Å². The van der Waals surface area contributed by atoms with Gasteiger partial charge >= 0.3 is 5.97 Å². The molecule has 0 spiro atoms. The number of thioether (sulfide) groups is 1. The Morgan fingerprint density at radius 2 is 1.96 bits per heavy atom. The zero-order valence-corrected chi connectivity index (χ0v) is 15.8. The Balaban J connectivity index is 2.19. The number of unbranched alkanes of at least 4 members (excludes halogenated alkanes) is 1. The lowest BCUT2D eigenvalue weighted by Gasteiger charge is -2.30. The molecule has 2 rings (SSSR count). The number of amides is 1. The van der Waals surface area contributed by atoms with Gasteiger partial charge in [-0.3, -0.25) is 4.79 Å². The van der Waals surface area contributed by atoms with Gasteiger partial charge in [0.15, 0.2) is 0 Å². The van der Waals surface area contributed by atoms with E-state index in [1.54, 1.807) is 16.7 Å². The van der Waals surface area contributed by atoms with Crippen LogP contribution < -0.4 is 0 Å². The minimum absolute atomic E-state index is 0.00234. The molecule has 0 unspecified atom stereocenters. The van der Waals surface area contributed by atoms with E-state index in [-0.39, 0.29) is 23.2 Å². The second-order valence-corrected chi connectivity index (χ2v) is 7.73. The molecule has 0 N–H and O–H groups in total. The molecule has 1 saturated heterocycles. The largest absolute Gasteiger partial charge is 0.464 e. The van der Waals surface area contributed by atoms with E-state index >= 15 is 0 Å². The highest BCUT2D eigenvalue weighted by atomic mass is 32.2. The van der Waals surface area contributed by atoms with Crippen molar-refractivity contribution in [3.8, 4) is 0 Å². The number of ether oxygens (including phenoxy) is 1. The van der Waals surface area contributed by atoms with Gasteiger partial charge in [0.25, 0.3) is 5.91 Å². The van der Waals surface area contributed by atoms with Crippen LogP contribution in [0.1, 0.15) is 49.5 Å². The molecule has 0 saturated carbocycles. The summed E-state index contributed by atoms with van der Waals surface area (Å²) in [5.41, 5.74) is 1.73. The van der Waals surface area contributed by atoms with E-state index in [9.17, 15) is 9.59 Å². The molecule has 1 fully saturated rings. The number of nitrogens with zero attached hydrogens (tertiary/aromatic N) is 1. The molecule has 0 aromatic heterocycles. The number of hydrogen-bond acceptors (Lipinski definition) is 4. The highest BCUT2D eigenvalue weighted by Gasteiger charge is 2.43. The smallest absolute Gasteiger partial charge is 0.329 e. The highest BCUT2D eigenvalue weighted by Crippen LogP contribution is 2.35. The van der Waals surface area contributed by atoms with Crippen LogP contribution in [-0.4, -0.2) is 40.6 Å². The van der Waals surface area contributed by atoms with E-state index in [2.05, 4.69) is 20.8 Å². The molecule has 24 heavy (non-hydrogen) atoms. The Morgan fingerprint density at radius 1 is 1.29 bits per heavy atom. The lowest BCUT2D eigenvalue weighted by molar-refractivity contribution is -0.148. The van der Waals surface area contributed by atoms with Gasteiger partial charge in [0, 0.05) is 11.3 Å². The first kappa shape index (κ1) is 18.8. The lowest BCUT2D eigenvalue weighted by Crippen LogP contribution is -2.47. The van der Waals surface area contributed by atoms with Crippen molar-refractivity contribution < 1.29 is 14.3 Å². The Labute approximate surface area is 148 Å². The number of carbonyl (C=O) groups is 2. The van der Waals surface area contributed by atoms with Gasteiger partial charge in [0.05, 0.1) is 12.0 Å². The van der Waals surface area contributed by atoms with Crippen LogP contribution in [0.3, 0.4) is 0 Å². The third-order valence-electron chi connectivity index (χ3n) is 4.15. The van der Waals surface area contributed by atoms with Gasteiger partial charge in [0.2, 0.25) is 0 Å². The summed E-state index contributed by atoms with van der Waals surface area (Å²) in [5.74, 6) is 0.513. The second-order valence-electron chi connectivity index (χ2n) is 6.58. The van der Waals surface area contributed by atoms with Crippen LogP contribution >= 0.6 is 11.8 Å². The average molecular weight is 349 g/mol. The molecule has 1 aromatic rings. The summed E-state index contributed by atoms with van der Waals surface area (Å²) in [6.07, 6.45) is 1.83. The molecule has 0 bridgehead atoms. The summed E-state index contributed by atoms with van der Waals surface area (Å²) >= 11 is 1.66. The lowest BCUT2D eigenvalue weighted by atomic mass is 10.1. The van der Waals surface area contributed by atoms with Crippen LogP contribution in [0.25, 0.3) is 0 Å². The summed E-state index contributed by atoms with van der Waals surface area (Å²) < 4.78 is 5.38. The molecule has 1 amide bonds. The average Bonchev–Trinajstić information content (AvgIpc) is 3.00. The predicted octanol–water partition coefficient (Wildman–Crippen LogP) is 3.88. The number of aryl methyl sites for hydroxylation is 1. The topological polar surface area (TPSA) is 46.6 Å². The van der Waals surface area contributed by atoms with Crippen molar-refractivity contribution in [3.05, 3.63) is 35.4 Å². The molecular weight excluding hydrogens is 322 g/mol. The van der Waals surface area contributed by atoms with Crippen LogP contribution in [0.2, 0.25) is 0 Å². The van der Waals surface area contributed by atoms with Gasteiger partial charge in [-0.25, -0.2) is 4.79 Å². The van der Waals surface area contributed by atoms with Gasteiger partial charge in [-0.2, -0.15) is 0 Å². The summed E-state index contributed by atoms with van der Waals surface area (Å²) in [6.45, 7) is 8.64. The summed E-state index contributed by atoms with van der Waals surface area (Å²) in [6, 6.07) is 7.02. The van der Waals surface area contributed by atoms with Gasteiger partial charge in [-0.15, -0.1) is 11.8 Å². The molecule has 132 valence electrons. The summed E-state index contributed by atoms with van der Waals surface area (Å²) in [4.78, 5) is 27.2. The Bertz CT molecular complexity index is 570. The van der Waals surface area contributed by atoms with Crippen LogP contribution in [-0.2, 0) is 9.53 Å². The zero-order chi connectivity index (χ0) is 17.7. The molecule has 0 aliphatic carbocycles. The van der Waals surface area contributed by atoms with E-state index in [4.69, 9.17) is 4.74 Å². The Hall–Kier alpha value is -1.49. The maximum Gasteiger partial charge on any atom is 0.329 e. The van der Waals surface area contributed by atoms with E-state index in [1.165, 1.54) is 0 Å². The van der Waals surface area contributed by atoms with Crippen molar-refractivity contribution in [2.24, 2.45) is 5.92 Å². The number of hydrogen-bond donors (Lipinski definition) is 0. The third-order valence-corrected chi connectivity index (χ3v) is 5.77. The molecule has 1 aromatic carbocycles. The van der Waals surface area contributed by atoms with Crippen LogP contribution in [0, 0.1) is 12.8 Å². The fourth-order valence-corrected chi connectivity index (χ4v) is 4.20. The molecule has 4 nitrogen and oxygen atoms in total. The minimum Gasteiger partial charge on any atom is -0.464 e. The quantitative estimate of drug-likeness (QED) is 0.578. The predicted molar refractivity (Wildman–Crippen MR) is 98.1 cm³/mol. The molecular formula is C19H27NO3S. The Kier molecular flexibility index (Phi) is 6.72. The van der Waals surface area contributed by atoms with Gasteiger partial charge < -0.3 is 9.64 Å². The first-order chi connectivity index (χ1) is 11.5. The first-order valence-corrected chi connectivity index (χ1v) is 9.68. The molecule has 5 heteroatoms. The van der Waals surface area contributed by atoms with Crippen molar-refractivity contribution in [1.82, 2.24) is 4.90 Å². The maximum absolute atomic E-state index is 13.0. The van der Waals surface area contributed by atoms with E-state index in [0.717, 1.165) is 18.4 Å². The molecule has 1 aliphatic rings. The van der Waals surface area contributed by atoms with Crippen molar-refractivity contribution in [2.75, 3.05) is 12.4 Å². The van der Waals surface area contributed by atoms with E-state index in [0.29, 0.717) is 17.9 Å². The van der Waals surface area contributed by atoms with Crippen molar-refractivity contribution in [1.29, 1.82) is 0 Å². The number of carbonyl (C=O) groups excluding carboxylic acids is 2. The summed E-state index contributed by atoms with van der Waals surface area (Å²) in [5, 5.41) is 0.00234. The third kappa shape index (κ3) is 4.32. The second kappa shape index (κ2) is 8.56. The number of rotatable bonds is 6. The van der Waals surface area contributed by atoms with Crippen LogP contribution in [0.15, 0.2) is 24.3 Å². The number of esters is 1. The van der Waals surface area contributed by atoms with E-state index < -0.39 is 6.04 Å². The molecule has 2 atom stereocenters. The fourth-order valence-electron chi connectivity index (χ4n) is 2.74. The minimum atomic E-state index is -0.493. The fraction of sp³-hybridized carbons (Fsp3) is 0.579. The summed E-state index contributed by atoms with van der Waals surface area (Å²) in [7, 11) is 0. The monoisotopic (exact) mass is 349 g/mol.